The summed E-state index contributed by atoms with van der Waals surface area (Å²) < 4.78 is 5.49. The SMILES string of the molecule is NC1CCC2(CCCN(C(=O)Nc3ccc(-c4cc5c(N6CCOCC6)ncnc5[nH]4)cc3)C2)CC1. The highest BCUT2D eigenvalue weighted by Gasteiger charge is 2.39. The minimum atomic E-state index is -0.00673. The minimum Gasteiger partial charge on any atom is -0.378 e. The van der Waals surface area contributed by atoms with Gasteiger partial charge in [-0.05, 0) is 67.7 Å². The summed E-state index contributed by atoms with van der Waals surface area (Å²) in [5.74, 6) is 0.939. The zero-order valence-electron chi connectivity index (χ0n) is 20.7. The molecule has 6 rings (SSSR count). The normalized spacial score (nSPS) is 24.9. The van der Waals surface area contributed by atoms with Gasteiger partial charge in [-0.3, -0.25) is 0 Å². The number of rotatable bonds is 3. The highest BCUT2D eigenvalue weighted by molar-refractivity contribution is 5.93. The van der Waals surface area contributed by atoms with E-state index in [1.807, 2.05) is 29.2 Å². The van der Waals surface area contributed by atoms with Gasteiger partial charge in [0.25, 0.3) is 0 Å². The first-order valence-electron chi connectivity index (χ1n) is 13.2. The van der Waals surface area contributed by atoms with Crippen molar-refractivity contribution in [2.24, 2.45) is 11.1 Å². The third-order valence-electron chi connectivity index (χ3n) is 8.20. The molecule has 1 aromatic carbocycles. The number of carbonyl (C=O) groups excluding carboxylic acids is 1. The van der Waals surface area contributed by atoms with Crippen LogP contribution in [0.4, 0.5) is 16.3 Å². The van der Waals surface area contributed by atoms with Crippen LogP contribution in [-0.2, 0) is 4.74 Å². The van der Waals surface area contributed by atoms with Crippen molar-refractivity contribution in [1.82, 2.24) is 19.9 Å². The zero-order chi connectivity index (χ0) is 24.5. The molecule has 1 aliphatic carbocycles. The van der Waals surface area contributed by atoms with Crippen LogP contribution >= 0.6 is 0 Å². The Kier molecular flexibility index (Phi) is 6.27. The topological polar surface area (TPSA) is 112 Å². The molecule has 2 aliphatic heterocycles. The van der Waals surface area contributed by atoms with Crippen LogP contribution in [0.1, 0.15) is 38.5 Å². The largest absolute Gasteiger partial charge is 0.378 e. The molecule has 9 nitrogen and oxygen atoms in total. The van der Waals surface area contributed by atoms with Crippen molar-refractivity contribution in [3.8, 4) is 11.3 Å². The Labute approximate surface area is 211 Å². The van der Waals surface area contributed by atoms with E-state index in [-0.39, 0.29) is 11.4 Å². The van der Waals surface area contributed by atoms with Gasteiger partial charge >= 0.3 is 6.03 Å². The number of piperidine rings is 1. The number of nitrogens with two attached hydrogens (primary N) is 1. The fourth-order valence-corrected chi connectivity index (χ4v) is 6.09. The molecule has 9 heteroatoms. The fourth-order valence-electron chi connectivity index (χ4n) is 6.09. The molecule has 2 amide bonds. The van der Waals surface area contributed by atoms with Crippen molar-refractivity contribution in [3.63, 3.8) is 0 Å². The summed E-state index contributed by atoms with van der Waals surface area (Å²) in [6.07, 6.45) is 8.30. The molecule has 0 unspecified atom stereocenters. The molecule has 1 spiro atoms. The molecule has 3 aromatic rings. The molecule has 4 N–H and O–H groups in total. The predicted molar refractivity (Wildman–Crippen MR) is 141 cm³/mol. The van der Waals surface area contributed by atoms with Crippen LogP contribution < -0.4 is 16.0 Å². The lowest BCUT2D eigenvalue weighted by molar-refractivity contribution is 0.0697. The van der Waals surface area contributed by atoms with E-state index in [1.165, 1.54) is 6.42 Å². The van der Waals surface area contributed by atoms with Gasteiger partial charge < -0.3 is 30.6 Å². The Balaban J connectivity index is 1.14. The van der Waals surface area contributed by atoms with E-state index >= 15 is 0 Å². The highest BCUT2D eigenvalue weighted by atomic mass is 16.5. The average Bonchev–Trinajstić information content (AvgIpc) is 3.36. The molecular formula is C27H35N7O2. The maximum Gasteiger partial charge on any atom is 0.321 e. The van der Waals surface area contributed by atoms with E-state index in [4.69, 9.17) is 10.5 Å². The van der Waals surface area contributed by atoms with Gasteiger partial charge in [0.15, 0.2) is 0 Å². The zero-order valence-corrected chi connectivity index (χ0v) is 20.7. The Bertz CT molecular complexity index is 1210. The molecule has 4 heterocycles. The van der Waals surface area contributed by atoms with Crippen molar-refractivity contribution < 1.29 is 9.53 Å². The third kappa shape index (κ3) is 4.65. The number of aromatic amines is 1. The van der Waals surface area contributed by atoms with E-state index < -0.39 is 0 Å². The maximum absolute atomic E-state index is 13.1. The minimum absolute atomic E-state index is 0.00673. The van der Waals surface area contributed by atoms with Gasteiger partial charge in [0.2, 0.25) is 0 Å². The predicted octanol–water partition coefficient (Wildman–Crippen LogP) is 3.98. The van der Waals surface area contributed by atoms with E-state index in [2.05, 4.69) is 31.2 Å². The van der Waals surface area contributed by atoms with Crippen molar-refractivity contribution in [3.05, 3.63) is 36.7 Å². The number of aromatic nitrogens is 3. The Morgan fingerprint density at radius 1 is 1.08 bits per heavy atom. The molecule has 0 radical (unpaired) electrons. The van der Waals surface area contributed by atoms with Crippen molar-refractivity contribution in [2.45, 2.75) is 44.6 Å². The Morgan fingerprint density at radius 3 is 2.64 bits per heavy atom. The number of nitrogens with zero attached hydrogens (tertiary/aromatic N) is 4. The van der Waals surface area contributed by atoms with E-state index in [1.54, 1.807) is 6.33 Å². The average molecular weight is 490 g/mol. The van der Waals surface area contributed by atoms with Crippen LogP contribution in [0.2, 0.25) is 0 Å². The van der Waals surface area contributed by atoms with Gasteiger partial charge in [0.05, 0.1) is 18.6 Å². The number of likely N-dealkylation sites (tertiary alicyclic amines) is 1. The molecule has 2 aromatic heterocycles. The summed E-state index contributed by atoms with van der Waals surface area (Å²) in [4.78, 5) is 29.7. The number of amides is 2. The number of nitrogens with one attached hydrogen (secondary N) is 2. The van der Waals surface area contributed by atoms with Gasteiger partial charge in [0.1, 0.15) is 17.8 Å². The van der Waals surface area contributed by atoms with Gasteiger partial charge in [-0.15, -0.1) is 0 Å². The number of ether oxygens (including phenoxy) is 1. The molecule has 36 heavy (non-hydrogen) atoms. The molecule has 1 saturated carbocycles. The monoisotopic (exact) mass is 489 g/mol. The van der Waals surface area contributed by atoms with Crippen LogP contribution in [-0.4, -0.2) is 71.3 Å². The fraction of sp³-hybridized carbons (Fsp3) is 0.519. The standard InChI is InChI=1S/C27H35N7O2/c28-20-6-9-27(10-7-20)8-1-11-34(17-27)26(35)31-21-4-2-19(3-5-21)23-16-22-24(32-23)29-18-30-25(22)33-12-14-36-15-13-33/h2-5,16,18,20H,1,6-15,17,28H2,(H,31,35)(H,29,30,32). The molecule has 2 saturated heterocycles. The maximum atomic E-state index is 13.1. The molecular weight excluding hydrogens is 454 g/mol. The van der Waals surface area contributed by atoms with Crippen LogP contribution in [0.3, 0.4) is 0 Å². The summed E-state index contributed by atoms with van der Waals surface area (Å²) in [5, 5.41) is 4.12. The number of carbonyl (C=O) groups is 1. The highest BCUT2D eigenvalue weighted by Crippen LogP contribution is 2.43. The van der Waals surface area contributed by atoms with Crippen LogP contribution in [0, 0.1) is 5.41 Å². The Morgan fingerprint density at radius 2 is 1.86 bits per heavy atom. The van der Waals surface area contributed by atoms with E-state index in [0.717, 1.165) is 92.1 Å². The van der Waals surface area contributed by atoms with Crippen molar-refractivity contribution in [1.29, 1.82) is 0 Å². The van der Waals surface area contributed by atoms with E-state index in [9.17, 15) is 4.79 Å². The lowest BCUT2D eigenvalue weighted by Crippen LogP contribution is -2.49. The molecule has 0 bridgehead atoms. The number of morpholine rings is 1. The lowest BCUT2D eigenvalue weighted by Gasteiger charge is -2.46. The number of benzene rings is 1. The van der Waals surface area contributed by atoms with Crippen LogP contribution in [0.5, 0.6) is 0 Å². The molecule has 0 atom stereocenters. The van der Waals surface area contributed by atoms with E-state index in [0.29, 0.717) is 19.3 Å². The number of hydrogen-bond donors (Lipinski definition) is 3. The first-order valence-corrected chi connectivity index (χ1v) is 13.2. The summed E-state index contributed by atoms with van der Waals surface area (Å²) in [6.45, 7) is 4.73. The van der Waals surface area contributed by atoms with Gasteiger partial charge in [-0.1, -0.05) is 12.1 Å². The summed E-state index contributed by atoms with van der Waals surface area (Å²) in [7, 11) is 0. The summed E-state index contributed by atoms with van der Waals surface area (Å²) in [5.41, 5.74) is 10.0. The smallest absolute Gasteiger partial charge is 0.321 e. The second-order valence-electron chi connectivity index (χ2n) is 10.6. The number of hydrogen-bond acceptors (Lipinski definition) is 6. The first kappa shape index (κ1) is 23.2. The number of fused-ring (bicyclic) bond motifs is 1. The summed E-state index contributed by atoms with van der Waals surface area (Å²) >= 11 is 0. The quantitative estimate of drug-likeness (QED) is 0.513. The molecule has 190 valence electrons. The van der Waals surface area contributed by atoms with Gasteiger partial charge in [-0.25, -0.2) is 14.8 Å². The van der Waals surface area contributed by atoms with Gasteiger partial charge in [0, 0.05) is 43.6 Å². The third-order valence-corrected chi connectivity index (χ3v) is 8.20. The second-order valence-corrected chi connectivity index (χ2v) is 10.6. The number of urea groups is 1. The van der Waals surface area contributed by atoms with Crippen LogP contribution in [0.15, 0.2) is 36.7 Å². The Hall–Kier alpha value is -3.17. The molecule has 3 fully saturated rings. The molecule has 3 aliphatic rings. The van der Waals surface area contributed by atoms with Gasteiger partial charge in [-0.2, -0.15) is 0 Å². The van der Waals surface area contributed by atoms with Crippen molar-refractivity contribution in [2.75, 3.05) is 49.6 Å². The first-order chi connectivity index (χ1) is 17.6. The number of H-pyrrole nitrogens is 1. The number of anilines is 2. The lowest BCUT2D eigenvalue weighted by atomic mass is 9.68. The van der Waals surface area contributed by atoms with Crippen LogP contribution in [0.25, 0.3) is 22.3 Å². The second kappa shape index (κ2) is 9.71. The van der Waals surface area contributed by atoms with Crippen molar-refractivity contribution >= 4 is 28.6 Å². The summed E-state index contributed by atoms with van der Waals surface area (Å²) in [6, 6.07) is 10.4.